The van der Waals surface area contributed by atoms with Crippen LogP contribution < -0.4 is 0 Å². The van der Waals surface area contributed by atoms with Crippen molar-refractivity contribution in [1.82, 2.24) is 4.90 Å². The van der Waals surface area contributed by atoms with Crippen molar-refractivity contribution in [3.05, 3.63) is 0 Å². The monoisotopic (exact) mass is 213 g/mol. The third kappa shape index (κ3) is 10.2. The molecule has 0 aliphatic carbocycles. The zero-order valence-corrected chi connectivity index (χ0v) is 11.6. The Labute approximate surface area is 97.2 Å². The number of rotatable bonds is 9. The molecule has 0 radical (unpaired) electrons. The van der Waals surface area contributed by atoms with Crippen molar-refractivity contribution in [3.63, 3.8) is 0 Å². The largest absolute Gasteiger partial charge is 0.306 e. The lowest BCUT2D eigenvalue weighted by Crippen LogP contribution is -2.21. The van der Waals surface area contributed by atoms with Crippen LogP contribution in [0.3, 0.4) is 0 Å². The summed E-state index contributed by atoms with van der Waals surface area (Å²) in [7, 11) is 2.26. The van der Waals surface area contributed by atoms with E-state index in [9.17, 15) is 0 Å². The van der Waals surface area contributed by atoms with Crippen molar-refractivity contribution < 1.29 is 0 Å². The first-order valence-corrected chi connectivity index (χ1v) is 6.74. The van der Waals surface area contributed by atoms with Gasteiger partial charge in [0.05, 0.1) is 0 Å². The lowest BCUT2D eigenvalue weighted by atomic mass is 10.0. The molecule has 0 heterocycles. The van der Waals surface area contributed by atoms with Crippen LogP contribution >= 0.6 is 0 Å². The van der Waals surface area contributed by atoms with Gasteiger partial charge in [-0.15, -0.1) is 0 Å². The summed E-state index contributed by atoms with van der Waals surface area (Å²) in [5, 5.41) is 0. The third-order valence-corrected chi connectivity index (χ3v) is 3.25. The summed E-state index contributed by atoms with van der Waals surface area (Å²) in [5.41, 5.74) is 0. The minimum absolute atomic E-state index is 0.860. The summed E-state index contributed by atoms with van der Waals surface area (Å²) in [5.74, 6) is 1.77. The Bertz CT molecular complexity index is 131. The Balaban J connectivity index is 3.29. The van der Waals surface area contributed by atoms with Gasteiger partial charge in [0.1, 0.15) is 0 Å². The molecule has 0 aromatic carbocycles. The summed E-state index contributed by atoms with van der Waals surface area (Å²) in [6, 6.07) is 0. The van der Waals surface area contributed by atoms with Gasteiger partial charge in [0.2, 0.25) is 0 Å². The summed E-state index contributed by atoms with van der Waals surface area (Å²) in [6.07, 6.45) is 6.82. The Kier molecular flexibility index (Phi) is 9.18. The van der Waals surface area contributed by atoms with Crippen LogP contribution in [0.25, 0.3) is 0 Å². The SMILES string of the molecule is CCC(C)CCCN(C)CCCC(C)C. The molecule has 0 rings (SSSR count). The van der Waals surface area contributed by atoms with Crippen molar-refractivity contribution >= 4 is 0 Å². The van der Waals surface area contributed by atoms with Gasteiger partial charge in [-0.2, -0.15) is 0 Å². The average molecular weight is 213 g/mol. The first-order chi connectivity index (χ1) is 7.06. The van der Waals surface area contributed by atoms with Gasteiger partial charge < -0.3 is 4.90 Å². The van der Waals surface area contributed by atoms with Crippen LogP contribution in [-0.2, 0) is 0 Å². The van der Waals surface area contributed by atoms with E-state index in [0.29, 0.717) is 0 Å². The van der Waals surface area contributed by atoms with E-state index >= 15 is 0 Å². The molecule has 0 N–H and O–H groups in total. The highest BCUT2D eigenvalue weighted by atomic mass is 15.1. The van der Waals surface area contributed by atoms with Gasteiger partial charge in [0, 0.05) is 0 Å². The summed E-state index contributed by atoms with van der Waals surface area (Å²) in [4.78, 5) is 2.49. The fourth-order valence-electron chi connectivity index (χ4n) is 1.80. The summed E-state index contributed by atoms with van der Waals surface area (Å²) >= 11 is 0. The summed E-state index contributed by atoms with van der Waals surface area (Å²) < 4.78 is 0. The Morgan fingerprint density at radius 3 is 1.93 bits per heavy atom. The molecule has 0 fully saturated rings. The molecule has 0 saturated carbocycles. The smallest absolute Gasteiger partial charge is 0.00217 e. The fourth-order valence-corrected chi connectivity index (χ4v) is 1.80. The molecule has 1 nitrogen and oxygen atoms in total. The van der Waals surface area contributed by atoms with E-state index in [1.54, 1.807) is 0 Å². The summed E-state index contributed by atoms with van der Waals surface area (Å²) in [6.45, 7) is 11.8. The van der Waals surface area contributed by atoms with Gasteiger partial charge in [-0.05, 0) is 57.7 Å². The second-order valence-electron chi connectivity index (χ2n) is 5.49. The predicted molar refractivity (Wildman–Crippen MR) is 70.3 cm³/mol. The molecule has 1 atom stereocenters. The van der Waals surface area contributed by atoms with Crippen LogP contribution in [0.1, 0.15) is 59.8 Å². The van der Waals surface area contributed by atoms with E-state index in [1.165, 1.54) is 45.2 Å². The molecular weight excluding hydrogens is 182 g/mol. The molecule has 0 aliphatic rings. The van der Waals surface area contributed by atoms with Gasteiger partial charge in [-0.1, -0.05) is 34.1 Å². The molecule has 1 heteroatoms. The van der Waals surface area contributed by atoms with E-state index in [-0.39, 0.29) is 0 Å². The Morgan fingerprint density at radius 1 is 0.933 bits per heavy atom. The van der Waals surface area contributed by atoms with Crippen LogP contribution in [0, 0.1) is 11.8 Å². The highest BCUT2D eigenvalue weighted by molar-refractivity contribution is 4.56. The van der Waals surface area contributed by atoms with Gasteiger partial charge in [0.15, 0.2) is 0 Å². The second kappa shape index (κ2) is 9.21. The van der Waals surface area contributed by atoms with Gasteiger partial charge >= 0.3 is 0 Å². The average Bonchev–Trinajstić information content (AvgIpc) is 2.17. The normalized spacial score (nSPS) is 13.8. The molecule has 0 aromatic heterocycles. The molecule has 0 saturated heterocycles. The molecule has 0 bridgehead atoms. The minimum Gasteiger partial charge on any atom is -0.306 e. The van der Waals surface area contributed by atoms with Crippen LogP contribution in [0.15, 0.2) is 0 Å². The van der Waals surface area contributed by atoms with Crippen LogP contribution in [-0.4, -0.2) is 25.0 Å². The molecule has 0 amide bonds. The maximum Gasteiger partial charge on any atom is -0.00217 e. The van der Waals surface area contributed by atoms with Crippen molar-refractivity contribution in [2.24, 2.45) is 11.8 Å². The second-order valence-corrected chi connectivity index (χ2v) is 5.49. The molecular formula is C14H31N. The van der Waals surface area contributed by atoms with E-state index in [4.69, 9.17) is 0 Å². The Morgan fingerprint density at radius 2 is 1.47 bits per heavy atom. The zero-order chi connectivity index (χ0) is 11.7. The van der Waals surface area contributed by atoms with E-state index in [1.807, 2.05) is 0 Å². The molecule has 15 heavy (non-hydrogen) atoms. The van der Waals surface area contributed by atoms with Crippen molar-refractivity contribution in [3.8, 4) is 0 Å². The number of hydrogen-bond donors (Lipinski definition) is 0. The Hall–Kier alpha value is -0.0400. The predicted octanol–water partition coefficient (Wildman–Crippen LogP) is 4.18. The quantitative estimate of drug-likeness (QED) is 0.555. The fraction of sp³-hybridized carbons (Fsp3) is 1.00. The first-order valence-electron chi connectivity index (χ1n) is 6.74. The zero-order valence-electron chi connectivity index (χ0n) is 11.6. The first kappa shape index (κ1) is 15.0. The maximum atomic E-state index is 2.49. The lowest BCUT2D eigenvalue weighted by Gasteiger charge is -2.18. The highest BCUT2D eigenvalue weighted by Crippen LogP contribution is 2.10. The van der Waals surface area contributed by atoms with E-state index < -0.39 is 0 Å². The van der Waals surface area contributed by atoms with Gasteiger partial charge in [-0.3, -0.25) is 0 Å². The number of nitrogens with zero attached hydrogens (tertiary/aromatic N) is 1. The van der Waals surface area contributed by atoms with Crippen LogP contribution in [0.5, 0.6) is 0 Å². The molecule has 92 valence electrons. The molecule has 0 spiro atoms. The van der Waals surface area contributed by atoms with Crippen molar-refractivity contribution in [1.29, 1.82) is 0 Å². The maximum absolute atomic E-state index is 2.49. The van der Waals surface area contributed by atoms with E-state index in [0.717, 1.165) is 11.8 Å². The number of hydrogen-bond acceptors (Lipinski definition) is 1. The van der Waals surface area contributed by atoms with Gasteiger partial charge in [0.25, 0.3) is 0 Å². The molecule has 1 unspecified atom stereocenters. The van der Waals surface area contributed by atoms with E-state index in [2.05, 4.69) is 39.6 Å². The van der Waals surface area contributed by atoms with Crippen molar-refractivity contribution in [2.75, 3.05) is 20.1 Å². The minimum atomic E-state index is 0.860. The highest BCUT2D eigenvalue weighted by Gasteiger charge is 2.02. The van der Waals surface area contributed by atoms with Gasteiger partial charge in [-0.25, -0.2) is 0 Å². The van der Waals surface area contributed by atoms with Crippen LogP contribution in [0.4, 0.5) is 0 Å². The van der Waals surface area contributed by atoms with Crippen molar-refractivity contribution in [2.45, 2.75) is 59.8 Å². The van der Waals surface area contributed by atoms with Crippen LogP contribution in [0.2, 0.25) is 0 Å². The lowest BCUT2D eigenvalue weighted by molar-refractivity contribution is 0.301. The third-order valence-electron chi connectivity index (χ3n) is 3.25. The molecule has 0 aromatic rings. The molecule has 0 aliphatic heterocycles. The standard InChI is InChI=1S/C14H31N/c1-6-14(4)10-8-12-15(5)11-7-9-13(2)3/h13-14H,6-12H2,1-5H3. The topological polar surface area (TPSA) is 3.24 Å².